The Balaban J connectivity index is 3.25. The Morgan fingerprint density at radius 2 is 1.52 bits per heavy atom. The SMILES string of the molecule is C=C1[C@H](NC(C)=O)[C@H](OC(C)=O)[C@@H](OC(C)=O)[C@H]1OS(C)(=O)=O. The fourth-order valence-electron chi connectivity index (χ4n) is 2.31. The van der Waals surface area contributed by atoms with Crippen LogP contribution in [0.3, 0.4) is 0 Å². The van der Waals surface area contributed by atoms with Crippen LogP contribution in [-0.4, -0.2) is 56.9 Å². The number of ether oxygens (including phenoxy) is 2. The third-order valence-corrected chi connectivity index (χ3v) is 3.51. The van der Waals surface area contributed by atoms with Gasteiger partial charge in [0.25, 0.3) is 10.1 Å². The maximum atomic E-state index is 11.4. The summed E-state index contributed by atoms with van der Waals surface area (Å²) in [5.74, 6) is -1.89. The summed E-state index contributed by atoms with van der Waals surface area (Å²) in [4.78, 5) is 33.9. The Bertz CT molecular complexity index is 626. The van der Waals surface area contributed by atoms with Crippen molar-refractivity contribution in [2.24, 2.45) is 0 Å². The first kappa shape index (κ1) is 19.1. The van der Waals surface area contributed by atoms with Crippen LogP contribution in [0.1, 0.15) is 20.8 Å². The van der Waals surface area contributed by atoms with E-state index in [0.717, 1.165) is 20.1 Å². The van der Waals surface area contributed by atoms with Crippen LogP contribution in [0.5, 0.6) is 0 Å². The maximum absolute atomic E-state index is 11.4. The van der Waals surface area contributed by atoms with Crippen LogP contribution in [0.15, 0.2) is 12.2 Å². The molecule has 0 bridgehead atoms. The number of esters is 2. The molecule has 130 valence electrons. The monoisotopic (exact) mass is 349 g/mol. The van der Waals surface area contributed by atoms with E-state index in [1.165, 1.54) is 6.92 Å². The average Bonchev–Trinajstić information content (AvgIpc) is 2.53. The van der Waals surface area contributed by atoms with Crippen molar-refractivity contribution in [3.8, 4) is 0 Å². The molecule has 23 heavy (non-hydrogen) atoms. The number of nitrogens with one attached hydrogen (secondary N) is 1. The first-order chi connectivity index (χ1) is 10.4. The highest BCUT2D eigenvalue weighted by atomic mass is 32.2. The summed E-state index contributed by atoms with van der Waals surface area (Å²) in [6, 6.07) is -0.951. The lowest BCUT2D eigenvalue weighted by Crippen LogP contribution is -2.46. The van der Waals surface area contributed by atoms with Gasteiger partial charge in [-0.2, -0.15) is 8.42 Å². The normalized spacial score (nSPS) is 27.4. The van der Waals surface area contributed by atoms with Crippen molar-refractivity contribution in [3.63, 3.8) is 0 Å². The Morgan fingerprint density at radius 3 is 1.91 bits per heavy atom. The van der Waals surface area contributed by atoms with Crippen molar-refractivity contribution in [2.45, 2.75) is 45.1 Å². The summed E-state index contributed by atoms with van der Waals surface area (Å²) in [6.45, 7) is 7.14. The van der Waals surface area contributed by atoms with Gasteiger partial charge in [0.15, 0.2) is 12.2 Å². The topological polar surface area (TPSA) is 125 Å². The van der Waals surface area contributed by atoms with Crippen molar-refractivity contribution < 1.29 is 36.5 Å². The van der Waals surface area contributed by atoms with E-state index >= 15 is 0 Å². The molecule has 0 aromatic carbocycles. The van der Waals surface area contributed by atoms with Gasteiger partial charge in [-0.25, -0.2) is 0 Å². The predicted molar refractivity (Wildman–Crippen MR) is 77.6 cm³/mol. The Hall–Kier alpha value is -1.94. The van der Waals surface area contributed by atoms with E-state index in [1.54, 1.807) is 0 Å². The van der Waals surface area contributed by atoms with E-state index in [0.29, 0.717) is 0 Å². The number of hydrogen-bond donors (Lipinski definition) is 1. The molecule has 9 nitrogen and oxygen atoms in total. The molecule has 1 aliphatic rings. The van der Waals surface area contributed by atoms with E-state index in [1.807, 2.05) is 0 Å². The maximum Gasteiger partial charge on any atom is 0.303 e. The van der Waals surface area contributed by atoms with Gasteiger partial charge in [0, 0.05) is 20.8 Å². The number of rotatable bonds is 5. The summed E-state index contributed by atoms with van der Waals surface area (Å²) in [5, 5.41) is 2.48. The van der Waals surface area contributed by atoms with Gasteiger partial charge in [0.2, 0.25) is 5.91 Å². The third kappa shape index (κ3) is 5.32. The summed E-state index contributed by atoms with van der Waals surface area (Å²) >= 11 is 0. The molecule has 1 N–H and O–H groups in total. The fraction of sp³-hybridized carbons (Fsp3) is 0.615. The first-order valence-corrected chi connectivity index (χ1v) is 8.42. The van der Waals surface area contributed by atoms with Crippen molar-refractivity contribution in [2.75, 3.05) is 6.26 Å². The van der Waals surface area contributed by atoms with Gasteiger partial charge in [-0.05, 0) is 5.57 Å². The molecule has 4 atom stereocenters. The lowest BCUT2D eigenvalue weighted by molar-refractivity contribution is -0.167. The third-order valence-electron chi connectivity index (χ3n) is 2.96. The molecule has 0 aliphatic heterocycles. The molecule has 1 saturated carbocycles. The molecule has 0 unspecified atom stereocenters. The first-order valence-electron chi connectivity index (χ1n) is 6.61. The van der Waals surface area contributed by atoms with Gasteiger partial charge >= 0.3 is 11.9 Å². The molecule has 1 amide bonds. The number of carbonyl (C=O) groups excluding carboxylic acids is 3. The predicted octanol–water partition coefficient (Wildman–Crippen LogP) is -0.731. The van der Waals surface area contributed by atoms with Crippen LogP contribution in [0.2, 0.25) is 0 Å². The lowest BCUT2D eigenvalue weighted by atomic mass is 10.1. The highest BCUT2D eigenvalue weighted by Crippen LogP contribution is 2.33. The Kier molecular flexibility index (Phi) is 5.89. The van der Waals surface area contributed by atoms with Gasteiger partial charge in [0.1, 0.15) is 6.10 Å². The van der Waals surface area contributed by atoms with Crippen molar-refractivity contribution in [3.05, 3.63) is 12.2 Å². The standard InChI is InChI=1S/C13H19NO8S/c1-6-10(14-7(2)15)12(20-8(3)16)13(21-9(4)17)11(6)22-23(5,18)19/h10-13H,1H2,2-5H3,(H,14,15)/t10-,11-,12-,13-/m0/s1. The summed E-state index contributed by atoms with van der Waals surface area (Å²) in [7, 11) is -3.92. The largest absolute Gasteiger partial charge is 0.456 e. The van der Waals surface area contributed by atoms with Crippen LogP contribution in [0.4, 0.5) is 0 Å². The highest BCUT2D eigenvalue weighted by Gasteiger charge is 2.52. The molecule has 10 heteroatoms. The van der Waals surface area contributed by atoms with E-state index < -0.39 is 52.3 Å². The summed E-state index contributed by atoms with van der Waals surface area (Å²) in [5.41, 5.74) is 0.114. The summed E-state index contributed by atoms with van der Waals surface area (Å²) in [6.07, 6.45) is -2.87. The van der Waals surface area contributed by atoms with Crippen molar-refractivity contribution in [1.82, 2.24) is 5.32 Å². The second-order valence-electron chi connectivity index (χ2n) is 5.12. The van der Waals surface area contributed by atoms with Crippen molar-refractivity contribution in [1.29, 1.82) is 0 Å². The second-order valence-corrected chi connectivity index (χ2v) is 6.72. The molecule has 1 fully saturated rings. The Morgan fingerprint density at radius 1 is 1.04 bits per heavy atom. The zero-order valence-corrected chi connectivity index (χ0v) is 14.0. The molecule has 0 heterocycles. The molecule has 0 radical (unpaired) electrons. The van der Waals surface area contributed by atoms with Crippen LogP contribution in [-0.2, 0) is 38.2 Å². The van der Waals surface area contributed by atoms with E-state index in [2.05, 4.69) is 11.9 Å². The highest BCUT2D eigenvalue weighted by molar-refractivity contribution is 7.86. The minimum absolute atomic E-state index is 0.114. The minimum Gasteiger partial charge on any atom is -0.456 e. The quantitative estimate of drug-likeness (QED) is 0.391. The lowest BCUT2D eigenvalue weighted by Gasteiger charge is -2.25. The van der Waals surface area contributed by atoms with Crippen LogP contribution < -0.4 is 5.32 Å². The molecule has 1 rings (SSSR count). The van der Waals surface area contributed by atoms with Gasteiger partial charge < -0.3 is 14.8 Å². The van der Waals surface area contributed by atoms with Crippen LogP contribution in [0, 0.1) is 0 Å². The van der Waals surface area contributed by atoms with Crippen molar-refractivity contribution >= 4 is 28.0 Å². The van der Waals surface area contributed by atoms with E-state index in [4.69, 9.17) is 13.7 Å². The zero-order chi connectivity index (χ0) is 17.9. The molecule has 0 spiro atoms. The number of hydrogen-bond acceptors (Lipinski definition) is 8. The molecule has 0 saturated heterocycles. The second kappa shape index (κ2) is 7.09. The summed E-state index contributed by atoms with van der Waals surface area (Å²) < 4.78 is 37.9. The van der Waals surface area contributed by atoms with E-state index in [9.17, 15) is 22.8 Å². The van der Waals surface area contributed by atoms with Crippen LogP contribution in [0.25, 0.3) is 0 Å². The Labute approximate surface area is 134 Å². The van der Waals surface area contributed by atoms with Crippen LogP contribution >= 0.6 is 0 Å². The molecule has 0 aromatic heterocycles. The minimum atomic E-state index is -3.92. The molecule has 0 aromatic rings. The molecular formula is C13H19NO8S. The zero-order valence-electron chi connectivity index (χ0n) is 13.2. The number of amides is 1. The van der Waals surface area contributed by atoms with Gasteiger partial charge in [-0.15, -0.1) is 0 Å². The van der Waals surface area contributed by atoms with E-state index in [-0.39, 0.29) is 5.57 Å². The van der Waals surface area contributed by atoms with Gasteiger partial charge in [0.05, 0.1) is 12.3 Å². The fourth-order valence-corrected chi connectivity index (χ4v) is 2.92. The van der Waals surface area contributed by atoms with Gasteiger partial charge in [-0.1, -0.05) is 6.58 Å². The average molecular weight is 349 g/mol. The number of carbonyl (C=O) groups is 3. The molecular weight excluding hydrogens is 330 g/mol. The smallest absolute Gasteiger partial charge is 0.303 e. The molecule has 1 aliphatic carbocycles. The van der Waals surface area contributed by atoms with Gasteiger partial charge in [-0.3, -0.25) is 18.6 Å².